The van der Waals surface area contributed by atoms with Crippen LogP contribution in [0, 0.1) is 11.6 Å². The second kappa shape index (κ2) is 9.79. The Labute approximate surface area is 191 Å². The van der Waals surface area contributed by atoms with Gasteiger partial charge in [-0.1, -0.05) is 6.92 Å². The minimum Gasteiger partial charge on any atom is -0.479 e. The van der Waals surface area contributed by atoms with Crippen LogP contribution in [-0.2, 0) is 9.84 Å². The number of hydrogen-bond acceptors (Lipinski definition) is 7. The molecule has 0 bridgehead atoms. The summed E-state index contributed by atoms with van der Waals surface area (Å²) in [6.07, 6.45) is -5.71. The van der Waals surface area contributed by atoms with Crippen molar-refractivity contribution >= 4 is 32.8 Å². The molecule has 1 atom stereocenters. The van der Waals surface area contributed by atoms with Crippen LogP contribution in [-0.4, -0.2) is 36.4 Å². The molecular weight excluding hydrogens is 483 g/mol. The third kappa shape index (κ3) is 6.10. The maximum Gasteiger partial charge on any atom is 0.425 e. The summed E-state index contributed by atoms with van der Waals surface area (Å²) in [5.74, 6) is -2.37. The molecule has 13 heteroatoms. The summed E-state index contributed by atoms with van der Waals surface area (Å²) in [4.78, 5) is 7.79. The number of ether oxygens (including phenoxy) is 1. The molecule has 0 amide bonds. The molecule has 0 aliphatic rings. The van der Waals surface area contributed by atoms with Gasteiger partial charge in [-0.25, -0.2) is 27.2 Å². The molecule has 182 valence electrons. The number of hydrogen-bond donors (Lipinski definition) is 2. The van der Waals surface area contributed by atoms with Gasteiger partial charge >= 0.3 is 6.18 Å². The van der Waals surface area contributed by atoms with E-state index < -0.39 is 33.8 Å². The Bertz CT molecular complexity index is 1290. The van der Waals surface area contributed by atoms with Crippen molar-refractivity contribution in [3.63, 3.8) is 0 Å². The highest BCUT2D eigenvalue weighted by Gasteiger charge is 2.38. The van der Waals surface area contributed by atoms with Gasteiger partial charge in [0.15, 0.2) is 27.6 Å². The number of sulfone groups is 1. The van der Waals surface area contributed by atoms with Crippen LogP contribution in [0.5, 0.6) is 5.75 Å². The molecule has 0 radical (unpaired) electrons. The van der Waals surface area contributed by atoms with E-state index in [0.717, 1.165) is 43.6 Å². The van der Waals surface area contributed by atoms with Crippen molar-refractivity contribution in [2.45, 2.75) is 31.0 Å². The zero-order chi connectivity index (χ0) is 25.1. The Hall–Kier alpha value is -3.48. The lowest BCUT2D eigenvalue weighted by atomic mass is 10.2. The summed E-state index contributed by atoms with van der Waals surface area (Å²) < 4.78 is 95.1. The quantitative estimate of drug-likeness (QED) is 0.400. The second-order valence-corrected chi connectivity index (χ2v) is 9.31. The minimum atomic E-state index is -4.65. The van der Waals surface area contributed by atoms with Crippen molar-refractivity contribution in [1.29, 1.82) is 0 Å². The monoisotopic (exact) mass is 502 g/mol. The van der Waals surface area contributed by atoms with Gasteiger partial charge in [-0.05, 0) is 37.3 Å². The Morgan fingerprint density at radius 2 is 1.65 bits per heavy atom. The molecule has 0 spiro atoms. The van der Waals surface area contributed by atoms with Crippen LogP contribution in [0.1, 0.15) is 13.8 Å². The van der Waals surface area contributed by atoms with E-state index in [1.807, 2.05) is 0 Å². The molecule has 2 aromatic carbocycles. The SMILES string of the molecule is CCS(=O)(=O)c1ccc(OC(C)C(F)(F)F)c(Nc2cc(Nc3ccc(F)c(F)c3)ncn2)c1. The molecule has 2 N–H and O–H groups in total. The Morgan fingerprint density at radius 3 is 2.26 bits per heavy atom. The Balaban J connectivity index is 1.93. The average molecular weight is 502 g/mol. The summed E-state index contributed by atoms with van der Waals surface area (Å²) >= 11 is 0. The first-order valence-corrected chi connectivity index (χ1v) is 11.5. The lowest BCUT2D eigenvalue weighted by molar-refractivity contribution is -0.189. The summed E-state index contributed by atoms with van der Waals surface area (Å²) in [7, 11) is -3.67. The van der Waals surface area contributed by atoms with Crippen LogP contribution >= 0.6 is 0 Å². The topological polar surface area (TPSA) is 93.2 Å². The fraction of sp³-hybridized carbons (Fsp3) is 0.238. The van der Waals surface area contributed by atoms with E-state index in [9.17, 15) is 30.4 Å². The van der Waals surface area contributed by atoms with Crippen molar-refractivity contribution in [3.05, 3.63) is 60.4 Å². The van der Waals surface area contributed by atoms with Crippen LogP contribution in [0.3, 0.4) is 0 Å². The summed E-state index contributed by atoms with van der Waals surface area (Å²) in [5, 5.41) is 5.47. The predicted molar refractivity (Wildman–Crippen MR) is 115 cm³/mol. The first-order chi connectivity index (χ1) is 15.9. The number of anilines is 4. The van der Waals surface area contributed by atoms with E-state index in [1.165, 1.54) is 19.1 Å². The van der Waals surface area contributed by atoms with E-state index in [-0.39, 0.29) is 39.4 Å². The molecule has 0 aliphatic heterocycles. The molecular formula is C21H19F5N4O3S. The first-order valence-electron chi connectivity index (χ1n) is 9.80. The number of benzene rings is 2. The average Bonchev–Trinajstić information content (AvgIpc) is 2.77. The molecule has 0 saturated carbocycles. The van der Waals surface area contributed by atoms with Gasteiger partial charge in [0.2, 0.25) is 0 Å². The number of nitrogens with zero attached hydrogens (tertiary/aromatic N) is 2. The number of rotatable bonds is 8. The van der Waals surface area contributed by atoms with Gasteiger partial charge in [0.1, 0.15) is 23.7 Å². The van der Waals surface area contributed by atoms with Crippen LogP contribution in [0.4, 0.5) is 45.0 Å². The highest BCUT2D eigenvalue weighted by molar-refractivity contribution is 7.91. The zero-order valence-corrected chi connectivity index (χ0v) is 18.6. The molecule has 0 saturated heterocycles. The Morgan fingerprint density at radius 1 is 0.971 bits per heavy atom. The van der Waals surface area contributed by atoms with Crippen molar-refractivity contribution in [1.82, 2.24) is 9.97 Å². The number of halogens is 5. The third-order valence-electron chi connectivity index (χ3n) is 4.58. The zero-order valence-electron chi connectivity index (χ0n) is 17.8. The normalized spacial score (nSPS) is 12.8. The van der Waals surface area contributed by atoms with Gasteiger partial charge < -0.3 is 15.4 Å². The van der Waals surface area contributed by atoms with Crippen molar-refractivity contribution in [2.24, 2.45) is 0 Å². The fourth-order valence-electron chi connectivity index (χ4n) is 2.68. The van der Waals surface area contributed by atoms with E-state index in [0.29, 0.717) is 0 Å². The van der Waals surface area contributed by atoms with E-state index in [2.05, 4.69) is 20.6 Å². The molecule has 0 fully saturated rings. The highest BCUT2D eigenvalue weighted by Crippen LogP contribution is 2.34. The minimum absolute atomic E-state index is 0.0654. The van der Waals surface area contributed by atoms with Crippen LogP contribution in [0.2, 0.25) is 0 Å². The number of nitrogens with one attached hydrogen (secondary N) is 2. The first kappa shape index (κ1) is 25.1. The summed E-state index contributed by atoms with van der Waals surface area (Å²) in [5.41, 5.74) is 0.103. The molecule has 7 nitrogen and oxygen atoms in total. The molecule has 1 unspecified atom stereocenters. The smallest absolute Gasteiger partial charge is 0.425 e. The van der Waals surface area contributed by atoms with Gasteiger partial charge in [0.05, 0.1) is 16.3 Å². The predicted octanol–water partition coefficient (Wildman–Crippen LogP) is 5.37. The molecule has 0 aliphatic carbocycles. The third-order valence-corrected chi connectivity index (χ3v) is 6.31. The van der Waals surface area contributed by atoms with E-state index >= 15 is 0 Å². The van der Waals surface area contributed by atoms with Gasteiger partial charge in [-0.2, -0.15) is 13.2 Å². The second-order valence-electron chi connectivity index (χ2n) is 7.03. The van der Waals surface area contributed by atoms with Crippen LogP contribution in [0.15, 0.2) is 53.7 Å². The standard InChI is InChI=1S/C21H19F5N4O3S/c1-3-34(31,32)14-5-7-18(33-12(2)21(24,25)26)17(9-14)30-20-10-19(27-11-28-20)29-13-4-6-15(22)16(23)8-13/h4-12H,3H2,1-2H3,(H2,27,28,29,30). The lowest BCUT2D eigenvalue weighted by Gasteiger charge is -2.20. The van der Waals surface area contributed by atoms with Gasteiger partial charge in [0.25, 0.3) is 0 Å². The van der Waals surface area contributed by atoms with Crippen molar-refractivity contribution < 1.29 is 35.1 Å². The highest BCUT2D eigenvalue weighted by atomic mass is 32.2. The molecule has 34 heavy (non-hydrogen) atoms. The Kier molecular flexibility index (Phi) is 7.24. The molecule has 3 rings (SSSR count). The summed E-state index contributed by atoms with van der Waals surface area (Å²) in [6.45, 7) is 2.24. The molecule has 3 aromatic rings. The number of aromatic nitrogens is 2. The van der Waals surface area contributed by atoms with Crippen molar-refractivity contribution in [2.75, 3.05) is 16.4 Å². The maximum atomic E-state index is 13.4. The van der Waals surface area contributed by atoms with E-state index in [4.69, 9.17) is 4.74 Å². The summed E-state index contributed by atoms with van der Waals surface area (Å²) in [6, 6.07) is 7.85. The van der Waals surface area contributed by atoms with Gasteiger partial charge in [0, 0.05) is 17.8 Å². The molecule has 1 aromatic heterocycles. The fourth-order valence-corrected chi connectivity index (χ4v) is 3.59. The van der Waals surface area contributed by atoms with Crippen molar-refractivity contribution in [3.8, 4) is 5.75 Å². The maximum absolute atomic E-state index is 13.4. The molecule has 1 heterocycles. The van der Waals surface area contributed by atoms with E-state index in [1.54, 1.807) is 0 Å². The van der Waals surface area contributed by atoms with Crippen LogP contribution < -0.4 is 15.4 Å². The van der Waals surface area contributed by atoms with Gasteiger partial charge in [-0.15, -0.1) is 0 Å². The van der Waals surface area contributed by atoms with Gasteiger partial charge in [-0.3, -0.25) is 0 Å². The largest absolute Gasteiger partial charge is 0.479 e. The lowest BCUT2D eigenvalue weighted by Crippen LogP contribution is -2.31. The van der Waals surface area contributed by atoms with Crippen LogP contribution in [0.25, 0.3) is 0 Å². The number of alkyl halides is 3.